The molecular formula is C15H27N3O2. The van der Waals surface area contributed by atoms with Gasteiger partial charge in [0, 0.05) is 26.6 Å². The summed E-state index contributed by atoms with van der Waals surface area (Å²) in [5, 5.41) is 3.34. The van der Waals surface area contributed by atoms with E-state index in [1.807, 2.05) is 4.90 Å². The molecule has 0 unspecified atom stereocenters. The van der Waals surface area contributed by atoms with Gasteiger partial charge in [-0.15, -0.1) is 0 Å². The first-order chi connectivity index (χ1) is 9.66. The molecule has 0 aromatic rings. The van der Waals surface area contributed by atoms with Gasteiger partial charge >= 0.3 is 0 Å². The molecule has 0 bridgehead atoms. The summed E-state index contributed by atoms with van der Waals surface area (Å²) in [5.41, 5.74) is 0. The summed E-state index contributed by atoms with van der Waals surface area (Å²) in [6.07, 6.45) is 6.07. The number of carbonyl (C=O) groups is 2. The van der Waals surface area contributed by atoms with Crippen LogP contribution in [-0.2, 0) is 9.59 Å². The average Bonchev–Trinajstić information content (AvgIpc) is 3.00. The molecule has 2 saturated heterocycles. The number of hydrogen-bond donors (Lipinski definition) is 1. The second kappa shape index (κ2) is 7.62. The summed E-state index contributed by atoms with van der Waals surface area (Å²) in [6.45, 7) is 4.10. The number of nitrogens with one attached hydrogen (secondary N) is 1. The topological polar surface area (TPSA) is 52.7 Å². The molecule has 114 valence electrons. The van der Waals surface area contributed by atoms with Gasteiger partial charge in [-0.1, -0.05) is 0 Å². The Morgan fingerprint density at radius 1 is 1.20 bits per heavy atom. The Kier molecular flexibility index (Phi) is 5.83. The SMILES string of the molecule is CN(CC(=O)N1CCCC1)C(=O)CCC1CCNCC1. The average molecular weight is 281 g/mol. The van der Waals surface area contributed by atoms with Crippen LogP contribution in [0.4, 0.5) is 0 Å². The third kappa shape index (κ3) is 4.47. The van der Waals surface area contributed by atoms with Crippen LogP contribution < -0.4 is 5.32 Å². The van der Waals surface area contributed by atoms with E-state index in [0.717, 1.165) is 45.4 Å². The van der Waals surface area contributed by atoms with Crippen LogP contribution in [0.2, 0.25) is 0 Å². The van der Waals surface area contributed by atoms with Gasteiger partial charge in [-0.2, -0.15) is 0 Å². The van der Waals surface area contributed by atoms with Gasteiger partial charge in [0.05, 0.1) is 6.54 Å². The van der Waals surface area contributed by atoms with E-state index in [-0.39, 0.29) is 18.4 Å². The summed E-state index contributed by atoms with van der Waals surface area (Å²) in [6, 6.07) is 0. The highest BCUT2D eigenvalue weighted by molar-refractivity contribution is 5.84. The molecule has 0 aromatic heterocycles. The maximum atomic E-state index is 12.1. The van der Waals surface area contributed by atoms with Crippen LogP contribution in [-0.4, -0.2) is 61.4 Å². The molecule has 0 aromatic carbocycles. The van der Waals surface area contributed by atoms with Crippen molar-refractivity contribution >= 4 is 11.8 Å². The van der Waals surface area contributed by atoms with Crippen LogP contribution in [0.15, 0.2) is 0 Å². The maximum Gasteiger partial charge on any atom is 0.242 e. The molecule has 2 aliphatic rings. The van der Waals surface area contributed by atoms with Crippen molar-refractivity contribution < 1.29 is 9.59 Å². The molecular weight excluding hydrogens is 254 g/mol. The third-order valence-corrected chi connectivity index (χ3v) is 4.48. The summed E-state index contributed by atoms with van der Waals surface area (Å²) >= 11 is 0. The highest BCUT2D eigenvalue weighted by Crippen LogP contribution is 2.18. The van der Waals surface area contributed by atoms with Crippen molar-refractivity contribution in [3.63, 3.8) is 0 Å². The van der Waals surface area contributed by atoms with Gasteiger partial charge in [0.15, 0.2) is 0 Å². The number of amides is 2. The molecule has 0 radical (unpaired) electrons. The largest absolute Gasteiger partial charge is 0.341 e. The normalized spacial score (nSPS) is 20.1. The zero-order valence-corrected chi connectivity index (χ0v) is 12.6. The first-order valence-corrected chi connectivity index (χ1v) is 7.89. The second-order valence-electron chi connectivity index (χ2n) is 6.07. The van der Waals surface area contributed by atoms with Gasteiger partial charge in [-0.05, 0) is 51.1 Å². The molecule has 0 spiro atoms. The molecule has 2 amide bonds. The molecule has 5 heteroatoms. The predicted molar refractivity (Wildman–Crippen MR) is 78.3 cm³/mol. The summed E-state index contributed by atoms with van der Waals surface area (Å²) < 4.78 is 0. The number of likely N-dealkylation sites (N-methyl/N-ethyl adjacent to an activating group) is 1. The minimum absolute atomic E-state index is 0.0974. The Bertz CT molecular complexity index is 334. The minimum atomic E-state index is 0.0974. The highest BCUT2D eigenvalue weighted by Gasteiger charge is 2.22. The number of rotatable bonds is 5. The van der Waals surface area contributed by atoms with Gasteiger partial charge < -0.3 is 15.1 Å². The standard InChI is InChI=1S/C15H27N3O2/c1-17(12-15(20)18-10-2-3-11-18)14(19)5-4-13-6-8-16-9-7-13/h13,16H,2-12H2,1H3. The summed E-state index contributed by atoms with van der Waals surface area (Å²) in [4.78, 5) is 27.5. The molecule has 5 nitrogen and oxygen atoms in total. The molecule has 2 aliphatic heterocycles. The molecule has 0 aliphatic carbocycles. The summed E-state index contributed by atoms with van der Waals surface area (Å²) in [5.74, 6) is 0.874. The Balaban J connectivity index is 1.66. The van der Waals surface area contributed by atoms with Gasteiger partial charge in [0.2, 0.25) is 11.8 Å². The van der Waals surface area contributed by atoms with E-state index >= 15 is 0 Å². The fourth-order valence-electron chi connectivity index (χ4n) is 3.05. The van der Waals surface area contributed by atoms with E-state index in [0.29, 0.717) is 12.3 Å². The third-order valence-electron chi connectivity index (χ3n) is 4.48. The van der Waals surface area contributed by atoms with E-state index in [1.54, 1.807) is 11.9 Å². The van der Waals surface area contributed by atoms with Crippen molar-refractivity contribution in [3.05, 3.63) is 0 Å². The predicted octanol–water partition coefficient (Wildman–Crippen LogP) is 0.847. The first kappa shape index (κ1) is 15.3. The Labute approximate surface area is 121 Å². The van der Waals surface area contributed by atoms with E-state index in [1.165, 1.54) is 12.8 Å². The van der Waals surface area contributed by atoms with Crippen molar-refractivity contribution in [1.82, 2.24) is 15.1 Å². The molecule has 2 rings (SSSR count). The lowest BCUT2D eigenvalue weighted by molar-refractivity contribution is -0.139. The minimum Gasteiger partial charge on any atom is -0.341 e. The second-order valence-corrected chi connectivity index (χ2v) is 6.07. The van der Waals surface area contributed by atoms with Crippen LogP contribution in [0.5, 0.6) is 0 Å². The van der Waals surface area contributed by atoms with E-state index in [2.05, 4.69) is 5.32 Å². The molecule has 0 atom stereocenters. The molecule has 2 fully saturated rings. The molecule has 1 N–H and O–H groups in total. The van der Waals surface area contributed by atoms with Gasteiger partial charge in [-0.3, -0.25) is 9.59 Å². The lowest BCUT2D eigenvalue weighted by atomic mass is 9.93. The van der Waals surface area contributed by atoms with Crippen molar-refractivity contribution in [2.24, 2.45) is 5.92 Å². The van der Waals surface area contributed by atoms with Crippen LogP contribution in [0.1, 0.15) is 38.5 Å². The van der Waals surface area contributed by atoms with Gasteiger partial charge in [-0.25, -0.2) is 0 Å². The van der Waals surface area contributed by atoms with Crippen molar-refractivity contribution in [2.45, 2.75) is 38.5 Å². The van der Waals surface area contributed by atoms with Crippen LogP contribution in [0.3, 0.4) is 0 Å². The quantitative estimate of drug-likeness (QED) is 0.813. The van der Waals surface area contributed by atoms with Crippen molar-refractivity contribution in [2.75, 3.05) is 39.8 Å². The fourth-order valence-corrected chi connectivity index (χ4v) is 3.05. The van der Waals surface area contributed by atoms with E-state index in [9.17, 15) is 9.59 Å². The van der Waals surface area contributed by atoms with Crippen LogP contribution in [0.25, 0.3) is 0 Å². The Morgan fingerprint density at radius 3 is 2.50 bits per heavy atom. The Hall–Kier alpha value is -1.10. The van der Waals surface area contributed by atoms with Crippen molar-refractivity contribution in [3.8, 4) is 0 Å². The van der Waals surface area contributed by atoms with Crippen molar-refractivity contribution in [1.29, 1.82) is 0 Å². The highest BCUT2D eigenvalue weighted by atomic mass is 16.2. The number of nitrogens with zero attached hydrogens (tertiary/aromatic N) is 2. The lowest BCUT2D eigenvalue weighted by Gasteiger charge is -2.24. The summed E-state index contributed by atoms with van der Waals surface area (Å²) in [7, 11) is 1.75. The molecule has 20 heavy (non-hydrogen) atoms. The number of piperidine rings is 1. The van der Waals surface area contributed by atoms with Gasteiger partial charge in [0.1, 0.15) is 0 Å². The number of likely N-dealkylation sites (tertiary alicyclic amines) is 1. The van der Waals surface area contributed by atoms with E-state index < -0.39 is 0 Å². The zero-order chi connectivity index (χ0) is 14.4. The lowest BCUT2D eigenvalue weighted by Crippen LogP contribution is -2.40. The first-order valence-electron chi connectivity index (χ1n) is 7.89. The molecule has 2 heterocycles. The monoisotopic (exact) mass is 281 g/mol. The fraction of sp³-hybridized carbons (Fsp3) is 0.867. The van der Waals surface area contributed by atoms with Crippen LogP contribution >= 0.6 is 0 Å². The van der Waals surface area contributed by atoms with E-state index in [4.69, 9.17) is 0 Å². The smallest absolute Gasteiger partial charge is 0.242 e. The van der Waals surface area contributed by atoms with Gasteiger partial charge in [0.25, 0.3) is 0 Å². The number of carbonyl (C=O) groups excluding carboxylic acids is 2. The maximum absolute atomic E-state index is 12.1. The van der Waals surface area contributed by atoms with Crippen LogP contribution in [0, 0.1) is 5.92 Å². The zero-order valence-electron chi connectivity index (χ0n) is 12.6. The molecule has 0 saturated carbocycles. The number of hydrogen-bond acceptors (Lipinski definition) is 3. The Morgan fingerprint density at radius 2 is 1.85 bits per heavy atom.